The van der Waals surface area contributed by atoms with Gasteiger partial charge in [0.1, 0.15) is 6.10 Å². The largest absolute Gasteiger partial charge is 0.479 e. The molecule has 0 bridgehead atoms. The molecule has 1 aromatic carbocycles. The van der Waals surface area contributed by atoms with Crippen molar-refractivity contribution in [2.75, 3.05) is 0 Å². The van der Waals surface area contributed by atoms with Gasteiger partial charge in [0.25, 0.3) is 5.91 Å². The average molecular weight is 348 g/mol. The number of rotatable bonds is 7. The van der Waals surface area contributed by atoms with Gasteiger partial charge in [0.2, 0.25) is 5.91 Å². The van der Waals surface area contributed by atoms with E-state index in [1.54, 1.807) is 18.2 Å². The van der Waals surface area contributed by atoms with Crippen molar-refractivity contribution < 1.29 is 24.2 Å². The van der Waals surface area contributed by atoms with Crippen LogP contribution in [0.25, 0.3) is 0 Å². The maximum atomic E-state index is 12.1. The lowest BCUT2D eigenvalue weighted by Gasteiger charge is -2.13. The Labute approximate surface area is 146 Å². The van der Waals surface area contributed by atoms with Crippen molar-refractivity contribution in [2.24, 2.45) is 0 Å². The number of amides is 2. The molecular weight excluding hydrogens is 324 g/mol. The van der Waals surface area contributed by atoms with Crippen LogP contribution in [0.1, 0.15) is 49.0 Å². The van der Waals surface area contributed by atoms with Gasteiger partial charge in [0, 0.05) is 18.2 Å². The lowest BCUT2D eigenvalue weighted by molar-refractivity contribution is -0.151. The molecule has 7 heteroatoms. The minimum Gasteiger partial charge on any atom is -0.479 e. The van der Waals surface area contributed by atoms with Crippen LogP contribution in [0, 0.1) is 0 Å². The second kappa shape index (κ2) is 8.62. The number of carbonyl (C=O) groups is 3. The summed E-state index contributed by atoms with van der Waals surface area (Å²) in [5, 5.41) is 14.5. The van der Waals surface area contributed by atoms with Crippen LogP contribution >= 0.6 is 0 Å². The Kier molecular flexibility index (Phi) is 6.52. The number of ether oxygens (including phenoxy) is 1. The summed E-state index contributed by atoms with van der Waals surface area (Å²) in [6.45, 7) is 4.19. The van der Waals surface area contributed by atoms with Crippen molar-refractivity contribution in [1.29, 1.82) is 0 Å². The number of hydrogen-bond donors (Lipinski definition) is 3. The number of carboxylic acid groups (broad SMARTS) is 1. The lowest BCUT2D eigenvalue weighted by Crippen LogP contribution is -2.35. The average Bonchev–Trinajstić information content (AvgIpc) is 3.10. The summed E-state index contributed by atoms with van der Waals surface area (Å²) in [7, 11) is 0. The predicted octanol–water partition coefficient (Wildman–Crippen LogP) is 1.46. The molecule has 1 aliphatic heterocycles. The minimum absolute atomic E-state index is 0.0950. The summed E-state index contributed by atoms with van der Waals surface area (Å²) in [5.41, 5.74) is 1.33. The van der Waals surface area contributed by atoms with Gasteiger partial charge < -0.3 is 20.5 Å². The molecule has 3 N–H and O–H groups in total. The quantitative estimate of drug-likeness (QED) is 0.692. The highest BCUT2D eigenvalue weighted by Gasteiger charge is 2.34. The zero-order valence-corrected chi connectivity index (χ0v) is 14.5. The van der Waals surface area contributed by atoms with Crippen molar-refractivity contribution in [1.82, 2.24) is 10.6 Å². The Morgan fingerprint density at radius 2 is 2.00 bits per heavy atom. The second-order valence-corrected chi connectivity index (χ2v) is 6.23. The summed E-state index contributed by atoms with van der Waals surface area (Å²) >= 11 is 0. The van der Waals surface area contributed by atoms with Gasteiger partial charge in [0.05, 0.1) is 0 Å². The molecule has 0 aromatic heterocycles. The first-order valence-corrected chi connectivity index (χ1v) is 8.46. The molecule has 136 valence electrons. The van der Waals surface area contributed by atoms with Gasteiger partial charge in [0.15, 0.2) is 6.10 Å². The Morgan fingerprint density at radius 3 is 2.64 bits per heavy atom. The Balaban J connectivity index is 1.89. The van der Waals surface area contributed by atoms with Crippen LogP contribution in [0.15, 0.2) is 24.3 Å². The van der Waals surface area contributed by atoms with Crippen LogP contribution in [0.5, 0.6) is 0 Å². The second-order valence-electron chi connectivity index (χ2n) is 6.23. The van der Waals surface area contributed by atoms with E-state index in [4.69, 9.17) is 9.84 Å². The first kappa shape index (κ1) is 18.9. The van der Waals surface area contributed by atoms with E-state index in [0.717, 1.165) is 12.0 Å². The Hall–Kier alpha value is -2.41. The van der Waals surface area contributed by atoms with Crippen molar-refractivity contribution in [3.05, 3.63) is 35.4 Å². The molecule has 1 aromatic rings. The van der Waals surface area contributed by atoms with E-state index in [9.17, 15) is 14.4 Å². The van der Waals surface area contributed by atoms with Crippen molar-refractivity contribution in [2.45, 2.75) is 57.9 Å². The summed E-state index contributed by atoms with van der Waals surface area (Å²) in [6, 6.07) is 7.13. The summed E-state index contributed by atoms with van der Waals surface area (Å²) in [6.07, 6.45) is -0.0831. The molecule has 0 radical (unpaired) electrons. The third kappa shape index (κ3) is 5.29. The number of carbonyl (C=O) groups excluding carboxylic acids is 2. The molecule has 1 unspecified atom stereocenters. The lowest BCUT2D eigenvalue weighted by atomic mass is 10.1. The SMILES string of the molecule is CCC(C)NC(=O)c1cccc(CNC(=O)[C@@H]2CC[C@H](C(=O)O)O2)c1. The molecule has 2 amide bonds. The highest BCUT2D eigenvalue weighted by atomic mass is 16.5. The van der Waals surface area contributed by atoms with Gasteiger partial charge in [-0.25, -0.2) is 4.79 Å². The van der Waals surface area contributed by atoms with Crippen LogP contribution in [-0.4, -0.2) is 41.1 Å². The van der Waals surface area contributed by atoms with Gasteiger partial charge in [-0.1, -0.05) is 19.1 Å². The third-order valence-electron chi connectivity index (χ3n) is 4.23. The van der Waals surface area contributed by atoms with Crippen LogP contribution in [0.2, 0.25) is 0 Å². The number of aliphatic carboxylic acids is 1. The fraction of sp³-hybridized carbons (Fsp3) is 0.500. The van der Waals surface area contributed by atoms with E-state index in [1.165, 1.54) is 0 Å². The highest BCUT2D eigenvalue weighted by Crippen LogP contribution is 2.20. The zero-order valence-electron chi connectivity index (χ0n) is 14.5. The van der Waals surface area contributed by atoms with Crippen molar-refractivity contribution in [3.63, 3.8) is 0 Å². The molecule has 1 heterocycles. The van der Waals surface area contributed by atoms with E-state index >= 15 is 0 Å². The fourth-order valence-corrected chi connectivity index (χ4v) is 2.55. The number of benzene rings is 1. The molecule has 1 aliphatic rings. The number of nitrogens with one attached hydrogen (secondary N) is 2. The Morgan fingerprint density at radius 1 is 1.28 bits per heavy atom. The van der Waals surface area contributed by atoms with Gasteiger partial charge >= 0.3 is 5.97 Å². The topological polar surface area (TPSA) is 105 Å². The molecule has 0 spiro atoms. The summed E-state index contributed by atoms with van der Waals surface area (Å²) in [5.74, 6) is -1.53. The van der Waals surface area contributed by atoms with Gasteiger partial charge in [-0.3, -0.25) is 9.59 Å². The fourth-order valence-electron chi connectivity index (χ4n) is 2.55. The van der Waals surface area contributed by atoms with E-state index in [-0.39, 0.29) is 24.4 Å². The third-order valence-corrected chi connectivity index (χ3v) is 4.23. The van der Waals surface area contributed by atoms with Gasteiger partial charge in [-0.2, -0.15) is 0 Å². The molecule has 7 nitrogen and oxygen atoms in total. The smallest absolute Gasteiger partial charge is 0.332 e. The molecule has 1 saturated heterocycles. The van der Waals surface area contributed by atoms with E-state index in [1.807, 2.05) is 19.9 Å². The van der Waals surface area contributed by atoms with Gasteiger partial charge in [-0.15, -0.1) is 0 Å². The van der Waals surface area contributed by atoms with E-state index < -0.39 is 18.2 Å². The molecular formula is C18H24N2O5. The molecule has 1 fully saturated rings. The Bertz CT molecular complexity index is 646. The first-order valence-electron chi connectivity index (χ1n) is 8.46. The molecule has 0 saturated carbocycles. The van der Waals surface area contributed by atoms with E-state index in [0.29, 0.717) is 18.4 Å². The van der Waals surface area contributed by atoms with Crippen LogP contribution < -0.4 is 10.6 Å². The number of hydrogen-bond acceptors (Lipinski definition) is 4. The summed E-state index contributed by atoms with van der Waals surface area (Å²) in [4.78, 5) is 35.1. The zero-order chi connectivity index (χ0) is 18.4. The van der Waals surface area contributed by atoms with Crippen molar-refractivity contribution in [3.8, 4) is 0 Å². The molecule has 0 aliphatic carbocycles. The molecule has 25 heavy (non-hydrogen) atoms. The van der Waals surface area contributed by atoms with Gasteiger partial charge in [-0.05, 0) is 43.9 Å². The monoisotopic (exact) mass is 348 g/mol. The predicted molar refractivity (Wildman–Crippen MR) is 91.0 cm³/mol. The standard InChI is InChI=1S/C18H24N2O5/c1-3-11(2)20-16(21)13-6-4-5-12(9-13)10-19-17(22)14-7-8-15(25-14)18(23)24/h4-6,9,11,14-15H,3,7-8,10H2,1-2H3,(H,19,22)(H,20,21)(H,23,24)/t11?,14-,15+/m0/s1. The normalized spacial score (nSPS) is 20.7. The maximum absolute atomic E-state index is 12.1. The highest BCUT2D eigenvalue weighted by molar-refractivity contribution is 5.94. The summed E-state index contributed by atoms with van der Waals surface area (Å²) < 4.78 is 5.22. The molecule has 3 atom stereocenters. The van der Waals surface area contributed by atoms with Crippen LogP contribution in [-0.2, 0) is 20.9 Å². The van der Waals surface area contributed by atoms with Crippen molar-refractivity contribution >= 4 is 17.8 Å². The van der Waals surface area contributed by atoms with Crippen LogP contribution in [0.3, 0.4) is 0 Å². The molecule has 2 rings (SSSR count). The van der Waals surface area contributed by atoms with E-state index in [2.05, 4.69) is 10.6 Å². The number of carboxylic acids is 1. The van der Waals surface area contributed by atoms with Crippen LogP contribution in [0.4, 0.5) is 0 Å². The first-order chi connectivity index (χ1) is 11.9. The minimum atomic E-state index is -1.05. The maximum Gasteiger partial charge on any atom is 0.332 e.